The van der Waals surface area contributed by atoms with E-state index < -0.39 is 12.0 Å². The van der Waals surface area contributed by atoms with Crippen molar-refractivity contribution >= 4 is 11.9 Å². The van der Waals surface area contributed by atoms with Gasteiger partial charge in [-0.15, -0.1) is 0 Å². The molecule has 0 aromatic heterocycles. The summed E-state index contributed by atoms with van der Waals surface area (Å²) in [4.78, 5) is 25.6. The molecule has 1 aliphatic rings. The predicted octanol–water partition coefficient (Wildman–Crippen LogP) is 1.46. The van der Waals surface area contributed by atoms with Gasteiger partial charge in [-0.1, -0.05) is 30.3 Å². The molecule has 21 heavy (non-hydrogen) atoms. The van der Waals surface area contributed by atoms with Gasteiger partial charge < -0.3 is 15.4 Å². The van der Waals surface area contributed by atoms with Crippen LogP contribution in [-0.4, -0.2) is 35.9 Å². The van der Waals surface area contributed by atoms with Crippen molar-refractivity contribution in [2.75, 3.05) is 13.1 Å². The van der Waals surface area contributed by atoms with E-state index in [-0.39, 0.29) is 18.9 Å². The second-order valence-electron chi connectivity index (χ2n) is 5.35. The molecular weight excluding hydrogens is 268 g/mol. The molecule has 1 aromatic carbocycles. The highest BCUT2D eigenvalue weighted by atomic mass is 16.5. The summed E-state index contributed by atoms with van der Waals surface area (Å²) in [6.45, 7) is 1.72. The van der Waals surface area contributed by atoms with Gasteiger partial charge in [-0.05, 0) is 24.8 Å². The summed E-state index contributed by atoms with van der Waals surface area (Å²) < 4.78 is 5.14. The lowest BCUT2D eigenvalue weighted by atomic mass is 10.1. The molecule has 1 heterocycles. The maximum absolute atomic E-state index is 12.0. The normalized spacial score (nSPS) is 16.3. The minimum absolute atomic E-state index is 0.0215. The molecule has 2 rings (SSSR count). The number of ether oxygens (including phenoxy) is 1. The second kappa shape index (κ2) is 7.78. The number of carbonyl (C=O) groups is 2. The van der Waals surface area contributed by atoms with Crippen LogP contribution in [0.4, 0.5) is 0 Å². The van der Waals surface area contributed by atoms with E-state index in [2.05, 4.69) is 0 Å². The molecule has 0 aliphatic carbocycles. The molecule has 5 heteroatoms. The molecule has 1 aromatic rings. The van der Waals surface area contributed by atoms with E-state index in [1.807, 2.05) is 30.3 Å². The summed E-state index contributed by atoms with van der Waals surface area (Å²) in [6.07, 6.45) is 3.24. The lowest BCUT2D eigenvalue weighted by Crippen LogP contribution is -2.42. The van der Waals surface area contributed by atoms with Gasteiger partial charge in [-0.3, -0.25) is 9.59 Å². The first-order chi connectivity index (χ1) is 10.2. The fourth-order valence-corrected chi connectivity index (χ4v) is 2.38. The molecule has 0 saturated carbocycles. The van der Waals surface area contributed by atoms with Crippen molar-refractivity contribution in [2.45, 2.75) is 38.3 Å². The van der Waals surface area contributed by atoms with E-state index in [0.717, 1.165) is 37.9 Å². The average molecular weight is 290 g/mol. The highest BCUT2D eigenvalue weighted by molar-refractivity contribution is 5.85. The molecule has 0 bridgehead atoms. The van der Waals surface area contributed by atoms with E-state index in [1.54, 1.807) is 4.90 Å². The first-order valence-corrected chi connectivity index (χ1v) is 7.41. The number of benzene rings is 1. The number of nitrogens with two attached hydrogens (primary N) is 1. The van der Waals surface area contributed by atoms with E-state index in [1.165, 1.54) is 0 Å². The number of hydrogen-bond donors (Lipinski definition) is 1. The Balaban J connectivity index is 1.75. The van der Waals surface area contributed by atoms with E-state index in [4.69, 9.17) is 10.5 Å². The van der Waals surface area contributed by atoms with Crippen molar-refractivity contribution in [1.82, 2.24) is 4.90 Å². The first-order valence-electron chi connectivity index (χ1n) is 7.41. The Morgan fingerprint density at radius 3 is 2.48 bits per heavy atom. The summed E-state index contributed by atoms with van der Waals surface area (Å²) in [5.74, 6) is -0.580. The number of rotatable bonds is 5. The lowest BCUT2D eigenvalue weighted by molar-refractivity contribution is -0.149. The Hall–Kier alpha value is -1.88. The third-order valence-corrected chi connectivity index (χ3v) is 3.63. The van der Waals surface area contributed by atoms with Gasteiger partial charge >= 0.3 is 5.97 Å². The number of hydrogen-bond acceptors (Lipinski definition) is 4. The number of piperidine rings is 1. The van der Waals surface area contributed by atoms with Gasteiger partial charge in [0.05, 0.1) is 6.42 Å². The minimum Gasteiger partial charge on any atom is -0.460 e. The fourth-order valence-electron chi connectivity index (χ4n) is 2.38. The standard InChI is InChI=1S/C16H22N2O3/c17-14(11-15(19)18-9-5-2-6-10-18)16(20)21-12-13-7-3-1-4-8-13/h1,3-4,7-8,14H,2,5-6,9-12,17H2/t14-/m1/s1. The van der Waals surface area contributed by atoms with Crippen LogP contribution in [0.15, 0.2) is 30.3 Å². The van der Waals surface area contributed by atoms with Crippen molar-refractivity contribution in [1.29, 1.82) is 0 Å². The van der Waals surface area contributed by atoms with Crippen LogP contribution in [0.1, 0.15) is 31.2 Å². The third kappa shape index (κ3) is 4.86. The summed E-state index contributed by atoms with van der Waals surface area (Å²) >= 11 is 0. The van der Waals surface area contributed by atoms with Gasteiger partial charge in [0.1, 0.15) is 12.6 Å². The number of likely N-dealkylation sites (tertiary alicyclic amines) is 1. The lowest BCUT2D eigenvalue weighted by Gasteiger charge is -2.27. The van der Waals surface area contributed by atoms with E-state index in [9.17, 15) is 9.59 Å². The Labute approximate surface area is 125 Å². The van der Waals surface area contributed by atoms with Crippen molar-refractivity contribution in [3.8, 4) is 0 Å². The highest BCUT2D eigenvalue weighted by Gasteiger charge is 2.23. The molecule has 1 amide bonds. The smallest absolute Gasteiger partial charge is 0.323 e. The zero-order valence-electron chi connectivity index (χ0n) is 12.2. The first kappa shape index (κ1) is 15.5. The highest BCUT2D eigenvalue weighted by Crippen LogP contribution is 2.11. The van der Waals surface area contributed by atoms with Crippen molar-refractivity contribution < 1.29 is 14.3 Å². The van der Waals surface area contributed by atoms with Crippen LogP contribution in [0.5, 0.6) is 0 Å². The Bertz CT molecular complexity index is 470. The van der Waals surface area contributed by atoms with Crippen molar-refractivity contribution in [3.63, 3.8) is 0 Å². The van der Waals surface area contributed by atoms with Gasteiger partial charge in [0.15, 0.2) is 0 Å². The molecule has 0 unspecified atom stereocenters. The van der Waals surface area contributed by atoms with Crippen LogP contribution >= 0.6 is 0 Å². The monoisotopic (exact) mass is 290 g/mol. The Kier molecular flexibility index (Phi) is 5.75. The van der Waals surface area contributed by atoms with Crippen LogP contribution in [0.2, 0.25) is 0 Å². The zero-order valence-corrected chi connectivity index (χ0v) is 12.2. The fraction of sp³-hybridized carbons (Fsp3) is 0.500. The van der Waals surface area contributed by atoms with Crippen LogP contribution < -0.4 is 5.73 Å². The maximum atomic E-state index is 12.0. The molecule has 2 N–H and O–H groups in total. The Morgan fingerprint density at radius 1 is 1.14 bits per heavy atom. The number of carbonyl (C=O) groups excluding carboxylic acids is 2. The summed E-state index contributed by atoms with van der Waals surface area (Å²) in [5.41, 5.74) is 6.67. The number of amides is 1. The van der Waals surface area contributed by atoms with Crippen molar-refractivity contribution in [2.24, 2.45) is 5.73 Å². The topological polar surface area (TPSA) is 72.6 Å². The quantitative estimate of drug-likeness (QED) is 0.833. The third-order valence-electron chi connectivity index (χ3n) is 3.63. The summed E-state index contributed by atoms with van der Waals surface area (Å²) in [7, 11) is 0. The number of nitrogens with zero attached hydrogens (tertiary/aromatic N) is 1. The van der Waals surface area contributed by atoms with Gasteiger partial charge in [0.2, 0.25) is 5.91 Å². The molecule has 114 valence electrons. The molecule has 0 spiro atoms. The van der Waals surface area contributed by atoms with Gasteiger partial charge in [-0.25, -0.2) is 0 Å². The molecule has 1 fully saturated rings. The summed E-state index contributed by atoms with van der Waals surface area (Å²) in [6, 6.07) is 8.51. The number of esters is 1. The molecule has 0 radical (unpaired) electrons. The largest absolute Gasteiger partial charge is 0.460 e. The Morgan fingerprint density at radius 2 is 1.81 bits per heavy atom. The molecule has 1 saturated heterocycles. The average Bonchev–Trinajstić information content (AvgIpc) is 2.54. The molecule has 1 aliphatic heterocycles. The summed E-state index contributed by atoms with van der Waals surface area (Å²) in [5, 5.41) is 0. The molecule has 5 nitrogen and oxygen atoms in total. The van der Waals surface area contributed by atoms with Gasteiger partial charge in [0.25, 0.3) is 0 Å². The van der Waals surface area contributed by atoms with Crippen LogP contribution in [0.25, 0.3) is 0 Å². The van der Waals surface area contributed by atoms with Gasteiger partial charge in [-0.2, -0.15) is 0 Å². The maximum Gasteiger partial charge on any atom is 0.323 e. The zero-order chi connectivity index (χ0) is 15.1. The second-order valence-corrected chi connectivity index (χ2v) is 5.35. The SMILES string of the molecule is N[C@H](CC(=O)N1CCCCC1)C(=O)OCc1ccccc1. The van der Waals surface area contributed by atoms with Crippen LogP contribution in [-0.2, 0) is 20.9 Å². The molecule has 1 atom stereocenters. The minimum atomic E-state index is -0.886. The van der Waals surface area contributed by atoms with E-state index in [0.29, 0.717) is 0 Å². The van der Waals surface area contributed by atoms with Crippen LogP contribution in [0.3, 0.4) is 0 Å². The molecular formula is C16H22N2O3. The van der Waals surface area contributed by atoms with Gasteiger partial charge in [0, 0.05) is 13.1 Å². The van der Waals surface area contributed by atoms with E-state index >= 15 is 0 Å². The predicted molar refractivity (Wildman–Crippen MR) is 79.3 cm³/mol. The van der Waals surface area contributed by atoms with Crippen molar-refractivity contribution in [3.05, 3.63) is 35.9 Å². The van der Waals surface area contributed by atoms with Crippen LogP contribution in [0, 0.1) is 0 Å².